The van der Waals surface area contributed by atoms with Gasteiger partial charge in [-0.25, -0.2) is 0 Å². The number of hydrogen-bond donors (Lipinski definition) is 4. The molecule has 0 spiro atoms. The molecule has 0 aliphatic carbocycles. The minimum atomic E-state index is -4.51. The molecule has 2 aromatic rings. The Balaban J connectivity index is 1.90. The Hall–Kier alpha value is -3.49. The number of ether oxygens (including phenoxy) is 1. The zero-order valence-corrected chi connectivity index (χ0v) is 18.5. The van der Waals surface area contributed by atoms with Gasteiger partial charge in [-0.1, -0.05) is 24.3 Å². The van der Waals surface area contributed by atoms with Gasteiger partial charge in [0.1, 0.15) is 23.4 Å². The lowest BCUT2D eigenvalue weighted by Crippen LogP contribution is -2.57. The summed E-state index contributed by atoms with van der Waals surface area (Å²) in [5, 5.41) is 24.2. The van der Waals surface area contributed by atoms with Gasteiger partial charge in [0, 0.05) is 25.0 Å². The summed E-state index contributed by atoms with van der Waals surface area (Å²) in [6, 6.07) is 9.49. The molecule has 1 fully saturated rings. The van der Waals surface area contributed by atoms with Gasteiger partial charge in [-0.05, 0) is 36.6 Å². The molecule has 1 aliphatic heterocycles. The van der Waals surface area contributed by atoms with Crippen molar-refractivity contribution < 1.29 is 27.8 Å². The number of carbonyl (C=O) groups excluding carboxylic acids is 1. The fourth-order valence-electron chi connectivity index (χ4n) is 4.24. The number of likely N-dealkylation sites (tertiary alicyclic amines) is 1. The van der Waals surface area contributed by atoms with E-state index in [4.69, 9.17) is 15.7 Å². The normalized spacial score (nSPS) is 16.8. The van der Waals surface area contributed by atoms with Crippen molar-refractivity contribution in [2.45, 2.75) is 30.7 Å². The van der Waals surface area contributed by atoms with Gasteiger partial charge < -0.3 is 15.2 Å². The second-order valence-corrected chi connectivity index (χ2v) is 8.13. The topological polar surface area (TPSA) is 124 Å². The standard InChI is InChI=1S/C23H26F3N5O3/c1-34-18-7-3-6-17(32)19(18)20(33)29-13-22(8-10-31(11-9-22)21(28)30-14-27)15-4-2-5-16(12-15)23(24,25)26/h2-7,12,21,30,32H,8-11,13,28H2,1H3,(H,29,33). The van der Waals surface area contributed by atoms with E-state index in [2.05, 4.69) is 10.6 Å². The molecule has 34 heavy (non-hydrogen) atoms. The van der Waals surface area contributed by atoms with Gasteiger partial charge in [-0.3, -0.25) is 20.7 Å². The van der Waals surface area contributed by atoms with E-state index in [9.17, 15) is 23.1 Å². The molecule has 1 amide bonds. The molecular weight excluding hydrogens is 451 g/mol. The van der Waals surface area contributed by atoms with Crippen LogP contribution in [0.3, 0.4) is 0 Å². The van der Waals surface area contributed by atoms with E-state index in [0.717, 1.165) is 12.1 Å². The number of nitrogens with zero attached hydrogens (tertiary/aromatic N) is 2. The maximum Gasteiger partial charge on any atom is 0.416 e. The highest BCUT2D eigenvalue weighted by molar-refractivity contribution is 5.99. The molecule has 0 saturated carbocycles. The maximum absolute atomic E-state index is 13.4. The summed E-state index contributed by atoms with van der Waals surface area (Å²) in [6.45, 7) is 0.809. The van der Waals surface area contributed by atoms with Crippen molar-refractivity contribution in [3.8, 4) is 17.7 Å². The number of phenolic OH excluding ortho intramolecular Hbond substituents is 1. The van der Waals surface area contributed by atoms with Gasteiger partial charge in [-0.2, -0.15) is 18.4 Å². The van der Waals surface area contributed by atoms with E-state index in [1.165, 1.54) is 31.4 Å². The Morgan fingerprint density at radius 3 is 2.59 bits per heavy atom. The Labute approximate surface area is 195 Å². The molecule has 3 rings (SSSR count). The molecule has 1 heterocycles. The summed E-state index contributed by atoms with van der Waals surface area (Å²) in [5.41, 5.74) is 4.73. The van der Waals surface area contributed by atoms with Gasteiger partial charge in [0.25, 0.3) is 5.91 Å². The van der Waals surface area contributed by atoms with Crippen LogP contribution in [0.5, 0.6) is 11.5 Å². The van der Waals surface area contributed by atoms with Crippen LogP contribution in [0.1, 0.15) is 34.3 Å². The highest BCUT2D eigenvalue weighted by atomic mass is 19.4. The largest absolute Gasteiger partial charge is 0.507 e. The predicted octanol–water partition coefficient (Wildman–Crippen LogP) is 2.50. The number of methoxy groups -OCH3 is 1. The number of carbonyl (C=O) groups is 1. The first-order valence-electron chi connectivity index (χ1n) is 10.6. The zero-order valence-electron chi connectivity index (χ0n) is 18.5. The molecule has 0 aromatic heterocycles. The van der Waals surface area contributed by atoms with E-state index >= 15 is 0 Å². The molecule has 5 N–H and O–H groups in total. The lowest BCUT2D eigenvalue weighted by atomic mass is 9.72. The number of nitriles is 1. The number of nitrogens with two attached hydrogens (primary N) is 1. The molecule has 1 unspecified atom stereocenters. The second-order valence-electron chi connectivity index (χ2n) is 8.13. The van der Waals surface area contributed by atoms with Crippen molar-refractivity contribution in [2.75, 3.05) is 26.7 Å². The third-order valence-corrected chi connectivity index (χ3v) is 6.20. The fraction of sp³-hybridized carbons (Fsp3) is 0.391. The molecule has 0 radical (unpaired) electrons. The Bertz CT molecular complexity index is 1060. The number of alkyl halides is 3. The third-order valence-electron chi connectivity index (χ3n) is 6.20. The first-order chi connectivity index (χ1) is 16.1. The van der Waals surface area contributed by atoms with Crippen LogP contribution in [-0.2, 0) is 11.6 Å². The lowest BCUT2D eigenvalue weighted by Gasteiger charge is -2.44. The highest BCUT2D eigenvalue weighted by Gasteiger charge is 2.40. The zero-order chi connectivity index (χ0) is 24.9. The molecular formula is C23H26F3N5O3. The first kappa shape index (κ1) is 25.1. The molecule has 1 aliphatic rings. The van der Waals surface area contributed by atoms with E-state index in [1.54, 1.807) is 12.3 Å². The first-order valence-corrected chi connectivity index (χ1v) is 10.6. The Morgan fingerprint density at radius 2 is 1.97 bits per heavy atom. The number of nitrogens with one attached hydrogen (secondary N) is 2. The van der Waals surface area contributed by atoms with Crippen LogP contribution >= 0.6 is 0 Å². The van der Waals surface area contributed by atoms with E-state index in [0.29, 0.717) is 31.5 Å². The van der Waals surface area contributed by atoms with E-state index in [1.807, 2.05) is 4.90 Å². The molecule has 1 saturated heterocycles. The summed E-state index contributed by atoms with van der Waals surface area (Å²) >= 11 is 0. The van der Waals surface area contributed by atoms with Gasteiger partial charge in [-0.15, -0.1) is 0 Å². The monoisotopic (exact) mass is 477 g/mol. The van der Waals surface area contributed by atoms with Crippen molar-refractivity contribution in [3.05, 3.63) is 59.2 Å². The van der Waals surface area contributed by atoms with Crippen molar-refractivity contribution >= 4 is 5.91 Å². The van der Waals surface area contributed by atoms with Crippen LogP contribution in [0, 0.1) is 11.5 Å². The van der Waals surface area contributed by atoms with Gasteiger partial charge in [0.15, 0.2) is 6.19 Å². The van der Waals surface area contributed by atoms with Gasteiger partial charge in [0.2, 0.25) is 0 Å². The number of hydrogen-bond acceptors (Lipinski definition) is 7. The quantitative estimate of drug-likeness (QED) is 0.274. The van der Waals surface area contributed by atoms with Crippen LogP contribution in [-0.4, -0.2) is 48.9 Å². The average molecular weight is 477 g/mol. The van der Waals surface area contributed by atoms with Crippen molar-refractivity contribution in [1.82, 2.24) is 15.5 Å². The third kappa shape index (κ3) is 5.35. The Kier molecular flexibility index (Phi) is 7.54. The smallest absolute Gasteiger partial charge is 0.416 e. The fourth-order valence-corrected chi connectivity index (χ4v) is 4.24. The van der Waals surface area contributed by atoms with Crippen LogP contribution in [0.4, 0.5) is 13.2 Å². The molecule has 11 heteroatoms. The molecule has 8 nitrogen and oxygen atoms in total. The summed E-state index contributed by atoms with van der Waals surface area (Å²) in [4.78, 5) is 14.7. The molecule has 1 atom stereocenters. The van der Waals surface area contributed by atoms with Crippen LogP contribution in [0.15, 0.2) is 42.5 Å². The van der Waals surface area contributed by atoms with Gasteiger partial charge >= 0.3 is 6.18 Å². The number of benzene rings is 2. The number of phenols is 1. The number of rotatable bonds is 7. The van der Waals surface area contributed by atoms with Crippen molar-refractivity contribution in [2.24, 2.45) is 5.73 Å². The van der Waals surface area contributed by atoms with Gasteiger partial charge in [0.05, 0.1) is 12.7 Å². The molecule has 182 valence electrons. The number of halogens is 3. The molecule has 2 aromatic carbocycles. The number of piperidine rings is 1. The number of amides is 1. The minimum absolute atomic E-state index is 0.0272. The maximum atomic E-state index is 13.4. The summed E-state index contributed by atoms with van der Waals surface area (Å²) in [7, 11) is 1.36. The lowest BCUT2D eigenvalue weighted by molar-refractivity contribution is -0.137. The predicted molar refractivity (Wildman–Crippen MR) is 118 cm³/mol. The summed E-state index contributed by atoms with van der Waals surface area (Å²) in [6.07, 6.45) is -2.68. The van der Waals surface area contributed by atoms with Crippen LogP contribution in [0.25, 0.3) is 0 Å². The second kappa shape index (κ2) is 10.2. The van der Waals surface area contributed by atoms with Crippen molar-refractivity contribution in [3.63, 3.8) is 0 Å². The van der Waals surface area contributed by atoms with Crippen LogP contribution in [0.2, 0.25) is 0 Å². The highest BCUT2D eigenvalue weighted by Crippen LogP contribution is 2.39. The van der Waals surface area contributed by atoms with Crippen LogP contribution < -0.4 is 21.1 Å². The molecule has 0 bridgehead atoms. The summed E-state index contributed by atoms with van der Waals surface area (Å²) < 4.78 is 45.4. The van der Waals surface area contributed by atoms with E-state index < -0.39 is 29.4 Å². The SMILES string of the molecule is COc1cccc(O)c1C(=O)NCC1(c2cccc(C(F)(F)F)c2)CCN(C(N)NC#N)CC1. The average Bonchev–Trinajstić information content (AvgIpc) is 2.82. The van der Waals surface area contributed by atoms with E-state index in [-0.39, 0.29) is 23.6 Å². The number of aromatic hydroxyl groups is 1. The van der Waals surface area contributed by atoms with Crippen molar-refractivity contribution in [1.29, 1.82) is 5.26 Å². The summed E-state index contributed by atoms with van der Waals surface area (Å²) in [5.74, 6) is -0.700. The Morgan fingerprint density at radius 1 is 1.29 bits per heavy atom. The minimum Gasteiger partial charge on any atom is -0.507 e.